The first-order valence-corrected chi connectivity index (χ1v) is 5.82. The van der Waals surface area contributed by atoms with Gasteiger partial charge in [-0.1, -0.05) is 6.07 Å². The van der Waals surface area contributed by atoms with Crippen molar-refractivity contribution in [1.82, 2.24) is 0 Å². The van der Waals surface area contributed by atoms with Gasteiger partial charge in [0.2, 0.25) is 5.82 Å². The first-order valence-electron chi connectivity index (χ1n) is 5.82. The number of hydrogen-bond acceptors (Lipinski definition) is 3. The number of aromatic hydroxyl groups is 1. The van der Waals surface area contributed by atoms with Gasteiger partial charge in [-0.05, 0) is 24.3 Å². The Hall–Kier alpha value is -2.70. The third kappa shape index (κ3) is 3.07. The summed E-state index contributed by atoms with van der Waals surface area (Å²) in [7, 11) is 0. The molecule has 7 heteroatoms. The third-order valence-electron chi connectivity index (χ3n) is 2.83. The summed E-state index contributed by atoms with van der Waals surface area (Å²) in [4.78, 5) is 10.7. The van der Waals surface area contributed by atoms with Gasteiger partial charge in [0.1, 0.15) is 5.82 Å². The maximum absolute atomic E-state index is 13.6. The molecule has 0 heterocycles. The second-order valence-corrected chi connectivity index (χ2v) is 4.23. The molecule has 21 heavy (non-hydrogen) atoms. The van der Waals surface area contributed by atoms with Crippen LogP contribution in [0.1, 0.15) is 15.9 Å². The zero-order valence-corrected chi connectivity index (χ0v) is 10.5. The summed E-state index contributed by atoms with van der Waals surface area (Å²) in [6.45, 7) is -0.230. The van der Waals surface area contributed by atoms with E-state index in [1.54, 1.807) is 0 Å². The minimum atomic E-state index is -1.38. The molecule has 0 saturated heterocycles. The lowest BCUT2D eigenvalue weighted by Gasteiger charge is -2.10. The predicted molar refractivity (Wildman–Crippen MR) is 68.7 cm³/mol. The van der Waals surface area contributed by atoms with Gasteiger partial charge in [-0.3, -0.25) is 0 Å². The molecule has 0 aliphatic rings. The molecule has 0 saturated carbocycles. The van der Waals surface area contributed by atoms with Crippen LogP contribution in [0.15, 0.2) is 30.3 Å². The van der Waals surface area contributed by atoms with Crippen LogP contribution in [0.5, 0.6) is 5.75 Å². The van der Waals surface area contributed by atoms with E-state index in [-0.39, 0.29) is 23.4 Å². The normalized spacial score (nSPS) is 10.4. The molecule has 0 fully saturated rings. The highest BCUT2D eigenvalue weighted by atomic mass is 19.2. The number of carboxylic acid groups (broad SMARTS) is 1. The Morgan fingerprint density at radius 3 is 2.43 bits per heavy atom. The summed E-state index contributed by atoms with van der Waals surface area (Å²) >= 11 is 0. The highest BCUT2D eigenvalue weighted by Gasteiger charge is 2.13. The number of nitrogens with one attached hydrogen (secondary N) is 1. The summed E-state index contributed by atoms with van der Waals surface area (Å²) < 4.78 is 40.3. The zero-order chi connectivity index (χ0) is 15.6. The Morgan fingerprint density at radius 1 is 1.10 bits per heavy atom. The van der Waals surface area contributed by atoms with Crippen molar-refractivity contribution in [2.24, 2.45) is 0 Å². The molecule has 0 aromatic heterocycles. The lowest BCUT2D eigenvalue weighted by molar-refractivity contribution is 0.0696. The number of phenolic OH excluding ortho intramolecular Hbond substituents is 1. The van der Waals surface area contributed by atoms with E-state index in [1.807, 2.05) is 0 Å². The number of halogens is 3. The van der Waals surface area contributed by atoms with Crippen LogP contribution < -0.4 is 5.32 Å². The van der Waals surface area contributed by atoms with Gasteiger partial charge in [0, 0.05) is 12.1 Å². The summed E-state index contributed by atoms with van der Waals surface area (Å²) in [5, 5.41) is 20.2. The van der Waals surface area contributed by atoms with Crippen molar-refractivity contribution in [3.05, 3.63) is 58.9 Å². The second kappa shape index (κ2) is 5.74. The van der Waals surface area contributed by atoms with Gasteiger partial charge >= 0.3 is 5.97 Å². The number of hydrogen-bond donors (Lipinski definition) is 3. The zero-order valence-electron chi connectivity index (χ0n) is 10.5. The fraction of sp³-hybridized carbons (Fsp3) is 0.0714. The number of phenols is 1. The lowest BCUT2D eigenvalue weighted by Crippen LogP contribution is -2.06. The summed E-state index contributed by atoms with van der Waals surface area (Å²) in [5.74, 6) is -5.52. The van der Waals surface area contributed by atoms with Crippen molar-refractivity contribution in [2.45, 2.75) is 6.54 Å². The molecule has 2 aromatic rings. The van der Waals surface area contributed by atoms with Crippen LogP contribution in [0.3, 0.4) is 0 Å². The Labute approximate surface area is 117 Å². The second-order valence-electron chi connectivity index (χ2n) is 4.23. The van der Waals surface area contributed by atoms with E-state index in [2.05, 4.69) is 5.32 Å². The monoisotopic (exact) mass is 297 g/mol. The molecule has 0 aliphatic heterocycles. The van der Waals surface area contributed by atoms with Crippen LogP contribution >= 0.6 is 0 Å². The van der Waals surface area contributed by atoms with E-state index in [4.69, 9.17) is 10.2 Å². The molecule has 0 spiro atoms. The molecule has 0 amide bonds. The fourth-order valence-corrected chi connectivity index (χ4v) is 1.70. The third-order valence-corrected chi connectivity index (χ3v) is 2.83. The quantitative estimate of drug-likeness (QED) is 0.811. The molecular formula is C14H10F3NO3. The summed E-state index contributed by atoms with van der Waals surface area (Å²) in [5.41, 5.74) is -0.375. The molecule has 0 aliphatic carbocycles. The first-order chi connectivity index (χ1) is 9.90. The SMILES string of the molecule is O=C(O)c1ccc(NCc2ccc(O)c(F)c2F)c(F)c1. The number of benzene rings is 2. The van der Waals surface area contributed by atoms with E-state index in [0.29, 0.717) is 0 Å². The number of anilines is 1. The Bertz CT molecular complexity index is 704. The summed E-state index contributed by atoms with van der Waals surface area (Å²) in [6.07, 6.45) is 0. The van der Waals surface area contributed by atoms with Crippen LogP contribution in [0, 0.1) is 17.5 Å². The number of carboxylic acids is 1. The maximum Gasteiger partial charge on any atom is 0.335 e. The van der Waals surface area contributed by atoms with Crippen molar-refractivity contribution >= 4 is 11.7 Å². The van der Waals surface area contributed by atoms with Gasteiger partial charge in [-0.2, -0.15) is 4.39 Å². The molecule has 0 unspecified atom stereocenters. The van der Waals surface area contributed by atoms with Gasteiger partial charge in [0.05, 0.1) is 11.3 Å². The van der Waals surface area contributed by atoms with Crippen molar-refractivity contribution in [1.29, 1.82) is 0 Å². The molecule has 0 bridgehead atoms. The molecule has 4 nitrogen and oxygen atoms in total. The molecule has 0 atom stereocenters. The average molecular weight is 297 g/mol. The largest absolute Gasteiger partial charge is 0.505 e. The highest BCUT2D eigenvalue weighted by Crippen LogP contribution is 2.23. The van der Waals surface area contributed by atoms with Crippen LogP contribution in [0.25, 0.3) is 0 Å². The Morgan fingerprint density at radius 2 is 1.81 bits per heavy atom. The van der Waals surface area contributed by atoms with Gasteiger partial charge in [0.25, 0.3) is 0 Å². The van der Waals surface area contributed by atoms with Gasteiger partial charge in [-0.15, -0.1) is 0 Å². The molecule has 2 aromatic carbocycles. The lowest BCUT2D eigenvalue weighted by atomic mass is 10.1. The van der Waals surface area contributed by atoms with Crippen molar-refractivity contribution in [2.75, 3.05) is 5.32 Å². The number of rotatable bonds is 4. The summed E-state index contributed by atoms with van der Waals surface area (Å²) in [6, 6.07) is 5.33. The number of aromatic carboxylic acids is 1. The molecule has 3 N–H and O–H groups in total. The Balaban J connectivity index is 2.17. The topological polar surface area (TPSA) is 69.6 Å². The molecular weight excluding hydrogens is 287 g/mol. The van der Waals surface area contributed by atoms with Crippen molar-refractivity contribution < 1.29 is 28.2 Å². The van der Waals surface area contributed by atoms with E-state index in [0.717, 1.165) is 18.2 Å². The van der Waals surface area contributed by atoms with Gasteiger partial charge in [-0.25, -0.2) is 13.6 Å². The maximum atomic E-state index is 13.6. The highest BCUT2D eigenvalue weighted by molar-refractivity contribution is 5.88. The first kappa shape index (κ1) is 14.7. The molecule has 110 valence electrons. The predicted octanol–water partition coefficient (Wildman–Crippen LogP) is 3.12. The molecule has 0 radical (unpaired) electrons. The van der Waals surface area contributed by atoms with Crippen molar-refractivity contribution in [3.8, 4) is 5.75 Å². The van der Waals surface area contributed by atoms with E-state index in [9.17, 15) is 18.0 Å². The average Bonchev–Trinajstić information content (AvgIpc) is 2.45. The van der Waals surface area contributed by atoms with E-state index >= 15 is 0 Å². The van der Waals surface area contributed by atoms with E-state index < -0.39 is 29.2 Å². The Kier molecular flexibility index (Phi) is 4.02. The van der Waals surface area contributed by atoms with Crippen LogP contribution in [0.2, 0.25) is 0 Å². The minimum absolute atomic E-state index is 0.0483. The van der Waals surface area contributed by atoms with Gasteiger partial charge in [0.15, 0.2) is 11.6 Å². The van der Waals surface area contributed by atoms with E-state index in [1.165, 1.54) is 12.1 Å². The smallest absolute Gasteiger partial charge is 0.335 e. The van der Waals surface area contributed by atoms with Crippen molar-refractivity contribution in [3.63, 3.8) is 0 Å². The van der Waals surface area contributed by atoms with Gasteiger partial charge < -0.3 is 15.5 Å². The number of carbonyl (C=O) groups is 1. The molecule has 2 rings (SSSR count). The van der Waals surface area contributed by atoms with Crippen LogP contribution in [-0.4, -0.2) is 16.2 Å². The fourth-order valence-electron chi connectivity index (χ4n) is 1.70. The standard InChI is InChI=1S/C14H10F3NO3/c15-9-5-7(14(20)21)1-3-10(9)18-6-8-2-4-11(19)13(17)12(8)16/h1-5,18-19H,6H2,(H,20,21). The minimum Gasteiger partial charge on any atom is -0.505 e. The van der Waals surface area contributed by atoms with Crippen LogP contribution in [0.4, 0.5) is 18.9 Å². The van der Waals surface area contributed by atoms with Crippen LogP contribution in [-0.2, 0) is 6.54 Å².